The van der Waals surface area contributed by atoms with E-state index < -0.39 is 29.8 Å². The number of terminal acetylenes is 1. The van der Waals surface area contributed by atoms with Gasteiger partial charge < -0.3 is 25.1 Å². The highest BCUT2D eigenvalue weighted by Gasteiger charge is 2.66. The number of hydrogen-bond donors (Lipinski definition) is 2. The standard InChI is InChI=1S/C15H17N5O4/c1-4-15-10(23-14(2,3)24-15)8(5-21)22-13(15)20-7-19-9-11(16)17-6-18-12(9)20/h1,6-8,10,13,21H,5H2,2-3H3,(H2,16,17,18)/t8-,10-,13?,15-/m1/s1. The van der Waals surface area contributed by atoms with Crippen molar-refractivity contribution in [3.63, 3.8) is 0 Å². The highest BCUT2D eigenvalue weighted by Crippen LogP contribution is 2.51. The highest BCUT2D eigenvalue weighted by atomic mass is 16.8. The molecule has 4 heterocycles. The van der Waals surface area contributed by atoms with E-state index in [0.717, 1.165) is 0 Å². The van der Waals surface area contributed by atoms with Gasteiger partial charge in [0, 0.05) is 0 Å². The first kappa shape index (κ1) is 15.3. The van der Waals surface area contributed by atoms with Crippen LogP contribution in [0.15, 0.2) is 12.7 Å². The van der Waals surface area contributed by atoms with Crippen LogP contribution in [-0.4, -0.2) is 54.8 Å². The molecule has 4 rings (SSSR count). The zero-order valence-corrected chi connectivity index (χ0v) is 13.2. The molecule has 0 saturated carbocycles. The summed E-state index contributed by atoms with van der Waals surface area (Å²) >= 11 is 0. The normalized spacial score (nSPS) is 34.3. The minimum atomic E-state index is -1.22. The summed E-state index contributed by atoms with van der Waals surface area (Å²) in [5, 5.41) is 9.67. The molecule has 24 heavy (non-hydrogen) atoms. The fourth-order valence-corrected chi connectivity index (χ4v) is 3.40. The van der Waals surface area contributed by atoms with Gasteiger partial charge in [-0.15, -0.1) is 6.42 Å². The Bertz CT molecular complexity index is 844. The molecule has 0 spiro atoms. The smallest absolute Gasteiger partial charge is 0.205 e. The summed E-state index contributed by atoms with van der Waals surface area (Å²) < 4.78 is 19.5. The van der Waals surface area contributed by atoms with E-state index in [0.29, 0.717) is 11.2 Å². The third-order valence-electron chi connectivity index (χ3n) is 4.30. The van der Waals surface area contributed by atoms with Crippen LogP contribution in [0.1, 0.15) is 20.1 Å². The molecule has 2 aliphatic heterocycles. The Morgan fingerprint density at radius 2 is 2.21 bits per heavy atom. The van der Waals surface area contributed by atoms with Gasteiger partial charge in [0.15, 0.2) is 23.5 Å². The van der Waals surface area contributed by atoms with Crippen LogP contribution in [-0.2, 0) is 14.2 Å². The number of rotatable bonds is 2. The predicted octanol–water partition coefficient (Wildman–Crippen LogP) is -0.178. The molecule has 0 bridgehead atoms. The number of aliphatic hydroxyl groups excluding tert-OH is 1. The van der Waals surface area contributed by atoms with E-state index in [1.165, 1.54) is 12.7 Å². The Morgan fingerprint density at radius 3 is 2.92 bits per heavy atom. The van der Waals surface area contributed by atoms with E-state index in [4.69, 9.17) is 26.4 Å². The summed E-state index contributed by atoms with van der Waals surface area (Å²) in [5.41, 5.74) is 5.52. The van der Waals surface area contributed by atoms with E-state index in [2.05, 4.69) is 20.9 Å². The molecule has 1 unspecified atom stereocenters. The summed E-state index contributed by atoms with van der Waals surface area (Å²) in [7, 11) is 0. The first-order valence-corrected chi connectivity index (χ1v) is 7.47. The molecule has 2 saturated heterocycles. The van der Waals surface area contributed by atoms with Gasteiger partial charge >= 0.3 is 0 Å². The summed E-state index contributed by atoms with van der Waals surface area (Å²) in [6.07, 6.45) is 6.64. The van der Waals surface area contributed by atoms with Gasteiger partial charge in [-0.05, 0) is 13.8 Å². The molecule has 9 nitrogen and oxygen atoms in total. The fraction of sp³-hybridized carbons (Fsp3) is 0.533. The summed E-state index contributed by atoms with van der Waals surface area (Å²) in [6, 6.07) is 0. The van der Waals surface area contributed by atoms with Crippen LogP contribution in [0.2, 0.25) is 0 Å². The largest absolute Gasteiger partial charge is 0.394 e. The highest BCUT2D eigenvalue weighted by molar-refractivity contribution is 5.81. The van der Waals surface area contributed by atoms with E-state index in [1.807, 2.05) is 0 Å². The van der Waals surface area contributed by atoms with Crippen LogP contribution in [0.5, 0.6) is 0 Å². The Labute approximate surface area is 137 Å². The number of aliphatic hydroxyl groups is 1. The molecule has 0 aliphatic carbocycles. The summed E-state index contributed by atoms with van der Waals surface area (Å²) in [6.45, 7) is 3.28. The number of imidazole rings is 1. The van der Waals surface area contributed by atoms with Crippen molar-refractivity contribution in [3.8, 4) is 12.3 Å². The maximum Gasteiger partial charge on any atom is 0.205 e. The molecular formula is C15H17N5O4. The number of fused-ring (bicyclic) bond motifs is 2. The van der Waals surface area contributed by atoms with E-state index in [-0.39, 0.29) is 12.4 Å². The quantitative estimate of drug-likeness (QED) is 0.728. The molecule has 0 amide bonds. The number of anilines is 1. The zero-order chi connectivity index (χ0) is 17.1. The molecule has 2 aromatic rings. The third kappa shape index (κ3) is 1.88. The number of nitrogens with two attached hydrogens (primary N) is 1. The first-order chi connectivity index (χ1) is 11.4. The number of hydrogen-bond acceptors (Lipinski definition) is 8. The minimum absolute atomic E-state index is 0.255. The second-order valence-electron chi connectivity index (χ2n) is 6.27. The average Bonchev–Trinajstić information content (AvgIpc) is 3.16. The maximum absolute atomic E-state index is 9.67. The van der Waals surface area contributed by atoms with Crippen molar-refractivity contribution < 1.29 is 19.3 Å². The van der Waals surface area contributed by atoms with Crippen molar-refractivity contribution >= 4 is 17.0 Å². The molecule has 126 valence electrons. The molecule has 2 aromatic heterocycles. The first-order valence-electron chi connectivity index (χ1n) is 7.47. The number of ether oxygens (including phenoxy) is 3. The lowest BCUT2D eigenvalue weighted by Gasteiger charge is -2.29. The average molecular weight is 331 g/mol. The molecule has 2 fully saturated rings. The molecule has 0 aromatic carbocycles. The molecular weight excluding hydrogens is 314 g/mol. The van der Waals surface area contributed by atoms with E-state index >= 15 is 0 Å². The minimum Gasteiger partial charge on any atom is -0.394 e. The summed E-state index contributed by atoms with van der Waals surface area (Å²) in [5.74, 6) is 2.02. The maximum atomic E-state index is 9.67. The van der Waals surface area contributed by atoms with Crippen molar-refractivity contribution in [2.24, 2.45) is 0 Å². The van der Waals surface area contributed by atoms with Crippen LogP contribution < -0.4 is 5.73 Å². The SMILES string of the molecule is C#C[C@@]12OC(C)(C)O[C@@H]1[C@@H](CO)OC2n1cnc2c(N)ncnc21. The van der Waals surface area contributed by atoms with Crippen molar-refractivity contribution in [2.45, 2.75) is 43.7 Å². The van der Waals surface area contributed by atoms with Crippen LogP contribution in [0, 0.1) is 12.3 Å². The van der Waals surface area contributed by atoms with Gasteiger partial charge in [0.1, 0.15) is 24.1 Å². The van der Waals surface area contributed by atoms with E-state index in [9.17, 15) is 5.11 Å². The second-order valence-corrected chi connectivity index (χ2v) is 6.27. The topological polar surface area (TPSA) is 118 Å². The summed E-state index contributed by atoms with van der Waals surface area (Å²) in [4.78, 5) is 12.4. The van der Waals surface area contributed by atoms with Gasteiger partial charge in [-0.3, -0.25) is 4.57 Å². The Morgan fingerprint density at radius 1 is 1.42 bits per heavy atom. The predicted molar refractivity (Wildman–Crippen MR) is 82.3 cm³/mol. The number of nitrogens with zero attached hydrogens (tertiary/aromatic N) is 4. The van der Waals surface area contributed by atoms with Crippen molar-refractivity contribution in [3.05, 3.63) is 12.7 Å². The lowest BCUT2D eigenvalue weighted by molar-refractivity contribution is -0.210. The monoisotopic (exact) mass is 331 g/mol. The molecule has 9 heteroatoms. The van der Waals surface area contributed by atoms with Gasteiger partial charge in [0.05, 0.1) is 12.9 Å². The lowest BCUT2D eigenvalue weighted by atomic mass is 9.95. The van der Waals surface area contributed by atoms with Crippen LogP contribution in [0.4, 0.5) is 5.82 Å². The van der Waals surface area contributed by atoms with Gasteiger partial charge in [-0.25, -0.2) is 15.0 Å². The van der Waals surface area contributed by atoms with E-state index in [1.54, 1.807) is 18.4 Å². The number of nitrogen functional groups attached to an aromatic ring is 1. The van der Waals surface area contributed by atoms with Gasteiger partial charge in [0.25, 0.3) is 0 Å². The zero-order valence-electron chi connectivity index (χ0n) is 13.2. The van der Waals surface area contributed by atoms with Crippen LogP contribution >= 0.6 is 0 Å². The fourth-order valence-electron chi connectivity index (χ4n) is 3.40. The molecule has 4 atom stereocenters. The molecule has 0 radical (unpaired) electrons. The van der Waals surface area contributed by atoms with Crippen LogP contribution in [0.3, 0.4) is 0 Å². The Balaban J connectivity index is 1.88. The van der Waals surface area contributed by atoms with Gasteiger partial charge in [-0.2, -0.15) is 0 Å². The molecule has 2 aliphatic rings. The van der Waals surface area contributed by atoms with Crippen molar-refractivity contribution in [1.29, 1.82) is 0 Å². The van der Waals surface area contributed by atoms with Crippen molar-refractivity contribution in [2.75, 3.05) is 12.3 Å². The van der Waals surface area contributed by atoms with Gasteiger partial charge in [0.2, 0.25) is 5.60 Å². The Hall–Kier alpha value is -2.25. The van der Waals surface area contributed by atoms with Gasteiger partial charge in [-0.1, -0.05) is 5.92 Å². The van der Waals surface area contributed by atoms with Crippen molar-refractivity contribution in [1.82, 2.24) is 19.5 Å². The third-order valence-corrected chi connectivity index (χ3v) is 4.30. The second kappa shape index (κ2) is 4.87. The molecule has 3 N–H and O–H groups in total. The number of aromatic nitrogens is 4. The lowest BCUT2D eigenvalue weighted by Crippen LogP contribution is -2.43. The Kier molecular flexibility index (Phi) is 3.10. The van der Waals surface area contributed by atoms with Crippen LogP contribution in [0.25, 0.3) is 11.2 Å².